The minimum absolute atomic E-state index is 0.0461. The fourth-order valence-electron chi connectivity index (χ4n) is 3.45. The minimum atomic E-state index is -1.18. The summed E-state index contributed by atoms with van der Waals surface area (Å²) in [6, 6.07) is 14.1. The van der Waals surface area contributed by atoms with Crippen molar-refractivity contribution in [2.75, 3.05) is 0 Å². The summed E-state index contributed by atoms with van der Waals surface area (Å²) in [6.45, 7) is 12.2. The molecular formula is C24H31NO5. The Bertz CT molecular complexity index is 854. The molecule has 2 aromatic rings. The Morgan fingerprint density at radius 3 is 1.77 bits per heavy atom. The smallest absolute Gasteiger partial charge is 0.335 e. The van der Waals surface area contributed by atoms with Crippen molar-refractivity contribution in [2.45, 2.75) is 59.2 Å². The largest absolute Gasteiger partial charge is 0.478 e. The summed E-state index contributed by atoms with van der Waals surface area (Å²) in [7, 11) is 0. The third-order valence-corrected chi connectivity index (χ3v) is 4.88. The Labute approximate surface area is 178 Å². The number of carbonyl (C=O) groups is 2. The molecule has 0 saturated carbocycles. The molecule has 6 heteroatoms. The fraction of sp³-hybridized carbons (Fsp3) is 0.417. The Hall–Kier alpha value is -2.70. The van der Waals surface area contributed by atoms with Crippen molar-refractivity contribution in [3.8, 4) is 0 Å². The number of carboxylic acid groups (broad SMARTS) is 2. The SMILES string of the molecule is CC(ON(C(c1ccccc1)C(C)C)C(C)(C)C)c1cc(C(=O)O)cc(C(=O)O)c1. The molecule has 6 nitrogen and oxygen atoms in total. The molecule has 0 fully saturated rings. The molecule has 0 aliphatic carbocycles. The van der Waals surface area contributed by atoms with Gasteiger partial charge in [0.15, 0.2) is 0 Å². The van der Waals surface area contributed by atoms with Gasteiger partial charge in [-0.15, -0.1) is 0 Å². The van der Waals surface area contributed by atoms with Crippen LogP contribution in [-0.4, -0.2) is 32.8 Å². The fourth-order valence-corrected chi connectivity index (χ4v) is 3.45. The first-order valence-corrected chi connectivity index (χ1v) is 10.0. The molecule has 0 aliphatic heterocycles. The number of rotatable bonds is 8. The van der Waals surface area contributed by atoms with Crippen LogP contribution in [0.3, 0.4) is 0 Å². The third-order valence-electron chi connectivity index (χ3n) is 4.88. The van der Waals surface area contributed by atoms with Gasteiger partial charge >= 0.3 is 11.9 Å². The van der Waals surface area contributed by atoms with Crippen LogP contribution in [0.5, 0.6) is 0 Å². The zero-order chi connectivity index (χ0) is 22.6. The molecule has 0 heterocycles. The second kappa shape index (κ2) is 9.41. The van der Waals surface area contributed by atoms with Crippen LogP contribution in [0.4, 0.5) is 0 Å². The van der Waals surface area contributed by atoms with Crippen LogP contribution < -0.4 is 0 Å². The molecule has 0 radical (unpaired) electrons. The predicted molar refractivity (Wildman–Crippen MR) is 115 cm³/mol. The van der Waals surface area contributed by atoms with Crippen LogP contribution in [0.1, 0.15) is 85.5 Å². The molecule has 0 spiro atoms. The monoisotopic (exact) mass is 413 g/mol. The zero-order valence-corrected chi connectivity index (χ0v) is 18.4. The third kappa shape index (κ3) is 5.68. The number of nitrogens with zero attached hydrogens (tertiary/aromatic N) is 1. The van der Waals surface area contributed by atoms with E-state index in [1.54, 1.807) is 6.92 Å². The Morgan fingerprint density at radius 1 is 0.867 bits per heavy atom. The molecule has 2 rings (SSSR count). The molecule has 0 aromatic heterocycles. The summed E-state index contributed by atoms with van der Waals surface area (Å²) in [4.78, 5) is 29.3. The Morgan fingerprint density at radius 2 is 1.37 bits per heavy atom. The highest BCUT2D eigenvalue weighted by Gasteiger charge is 2.35. The maximum absolute atomic E-state index is 11.5. The van der Waals surface area contributed by atoms with Crippen LogP contribution in [0.2, 0.25) is 0 Å². The molecule has 162 valence electrons. The lowest BCUT2D eigenvalue weighted by Gasteiger charge is -2.44. The second-order valence-electron chi connectivity index (χ2n) is 8.80. The van der Waals surface area contributed by atoms with Crippen LogP contribution in [0.25, 0.3) is 0 Å². The highest BCUT2D eigenvalue weighted by molar-refractivity contribution is 5.94. The first-order valence-electron chi connectivity index (χ1n) is 10.0. The van der Waals surface area contributed by atoms with Crippen LogP contribution in [0.15, 0.2) is 48.5 Å². The number of hydroxylamine groups is 2. The van der Waals surface area contributed by atoms with E-state index in [0.29, 0.717) is 5.56 Å². The standard InChI is InChI=1S/C24H31NO5/c1-15(2)21(17-10-8-7-9-11-17)25(24(4,5)6)30-16(3)18-12-19(22(26)27)14-20(13-18)23(28)29/h7-16,21H,1-6H3,(H,26,27)(H,28,29). The van der Waals surface area contributed by atoms with Crippen LogP contribution in [0, 0.1) is 5.92 Å². The zero-order valence-electron chi connectivity index (χ0n) is 18.4. The number of hydrogen-bond acceptors (Lipinski definition) is 4. The Balaban J connectivity index is 2.46. The van der Waals surface area contributed by atoms with E-state index in [-0.39, 0.29) is 28.6 Å². The number of aromatic carboxylic acids is 2. The summed E-state index contributed by atoms with van der Waals surface area (Å²) < 4.78 is 0. The summed E-state index contributed by atoms with van der Waals surface area (Å²) in [5, 5.41) is 20.7. The molecule has 0 amide bonds. The van der Waals surface area contributed by atoms with Crippen molar-refractivity contribution in [2.24, 2.45) is 5.92 Å². The van der Waals surface area contributed by atoms with Crippen molar-refractivity contribution < 1.29 is 24.6 Å². The normalized spacial score (nSPS) is 14.0. The van der Waals surface area contributed by atoms with Gasteiger partial charge in [-0.1, -0.05) is 44.2 Å². The van der Waals surface area contributed by atoms with Crippen molar-refractivity contribution in [3.05, 3.63) is 70.8 Å². The van der Waals surface area contributed by atoms with Gasteiger partial charge in [0.2, 0.25) is 0 Å². The van der Waals surface area contributed by atoms with Gasteiger partial charge in [-0.05, 0) is 62.9 Å². The van der Waals surface area contributed by atoms with Gasteiger partial charge in [-0.25, -0.2) is 9.59 Å². The molecule has 2 unspecified atom stereocenters. The quantitative estimate of drug-likeness (QED) is 0.550. The summed E-state index contributed by atoms with van der Waals surface area (Å²) in [5.74, 6) is -2.12. The topological polar surface area (TPSA) is 87.1 Å². The van der Waals surface area contributed by atoms with Gasteiger partial charge < -0.3 is 10.2 Å². The van der Waals surface area contributed by atoms with E-state index in [1.165, 1.54) is 12.1 Å². The number of carboxylic acids is 2. The molecule has 0 aliphatic rings. The van der Waals surface area contributed by atoms with E-state index in [0.717, 1.165) is 11.6 Å². The van der Waals surface area contributed by atoms with E-state index in [2.05, 4.69) is 26.0 Å². The average molecular weight is 414 g/mol. The number of benzene rings is 2. The van der Waals surface area contributed by atoms with E-state index < -0.39 is 18.0 Å². The lowest BCUT2D eigenvalue weighted by atomic mass is 9.92. The van der Waals surface area contributed by atoms with E-state index in [9.17, 15) is 19.8 Å². The van der Waals surface area contributed by atoms with Gasteiger partial charge in [0.1, 0.15) is 6.10 Å². The predicted octanol–water partition coefficient (Wildman–Crippen LogP) is 5.57. The molecular weight excluding hydrogens is 382 g/mol. The highest BCUT2D eigenvalue weighted by atomic mass is 16.7. The van der Waals surface area contributed by atoms with E-state index in [4.69, 9.17) is 4.84 Å². The molecule has 0 bridgehead atoms. The highest BCUT2D eigenvalue weighted by Crippen LogP contribution is 2.37. The van der Waals surface area contributed by atoms with Gasteiger partial charge in [0.25, 0.3) is 0 Å². The van der Waals surface area contributed by atoms with E-state index >= 15 is 0 Å². The first-order chi connectivity index (χ1) is 13.9. The van der Waals surface area contributed by atoms with Gasteiger partial charge in [-0.3, -0.25) is 4.84 Å². The van der Waals surface area contributed by atoms with E-state index in [1.807, 2.05) is 44.0 Å². The molecule has 2 atom stereocenters. The molecule has 0 saturated heterocycles. The molecule has 2 aromatic carbocycles. The maximum atomic E-state index is 11.5. The minimum Gasteiger partial charge on any atom is -0.478 e. The Kier molecular flexibility index (Phi) is 7.39. The van der Waals surface area contributed by atoms with Gasteiger partial charge in [-0.2, -0.15) is 5.06 Å². The van der Waals surface area contributed by atoms with Gasteiger partial charge in [0, 0.05) is 5.54 Å². The van der Waals surface area contributed by atoms with Crippen molar-refractivity contribution >= 4 is 11.9 Å². The average Bonchev–Trinajstić information content (AvgIpc) is 2.66. The molecule has 30 heavy (non-hydrogen) atoms. The molecule has 2 N–H and O–H groups in total. The van der Waals surface area contributed by atoms with Gasteiger partial charge in [0.05, 0.1) is 17.2 Å². The summed E-state index contributed by atoms with van der Waals surface area (Å²) in [6.07, 6.45) is -0.549. The summed E-state index contributed by atoms with van der Waals surface area (Å²) >= 11 is 0. The lowest BCUT2D eigenvalue weighted by molar-refractivity contribution is -0.272. The van der Waals surface area contributed by atoms with Crippen LogP contribution >= 0.6 is 0 Å². The lowest BCUT2D eigenvalue weighted by Crippen LogP contribution is -2.46. The van der Waals surface area contributed by atoms with Crippen molar-refractivity contribution in [3.63, 3.8) is 0 Å². The summed E-state index contributed by atoms with van der Waals surface area (Å²) in [5.41, 5.74) is 1.09. The van der Waals surface area contributed by atoms with Crippen molar-refractivity contribution in [1.82, 2.24) is 5.06 Å². The maximum Gasteiger partial charge on any atom is 0.335 e. The van der Waals surface area contributed by atoms with Crippen molar-refractivity contribution in [1.29, 1.82) is 0 Å². The first kappa shape index (κ1) is 23.6. The second-order valence-corrected chi connectivity index (χ2v) is 8.80. The van der Waals surface area contributed by atoms with Crippen LogP contribution in [-0.2, 0) is 4.84 Å². The number of hydrogen-bond donors (Lipinski definition) is 2.